The summed E-state index contributed by atoms with van der Waals surface area (Å²) in [6.07, 6.45) is 16.0. The Morgan fingerprint density at radius 1 is 0.810 bits per heavy atom. The number of allylic oxidation sites excluding steroid dienone is 1. The lowest BCUT2D eigenvalue weighted by molar-refractivity contribution is -0.119. The molecule has 1 heterocycles. The Labute approximate surface area is 251 Å². The van der Waals surface area contributed by atoms with Crippen LogP contribution in [-0.4, -0.2) is 56.7 Å². The third kappa shape index (κ3) is 13.5. The van der Waals surface area contributed by atoms with E-state index in [9.17, 15) is 29.7 Å². The minimum atomic E-state index is -0.709. The summed E-state index contributed by atoms with van der Waals surface area (Å²) >= 11 is 0. The van der Waals surface area contributed by atoms with Gasteiger partial charge in [-0.05, 0) is 43.4 Å². The smallest absolute Gasteiger partial charge is 0.259 e. The topological polar surface area (TPSA) is 144 Å². The SMILES string of the molecule is CC(CCCCCCCCC(=O)CCCCCCCCC[C@H](O)CO)/C(O)=C1/C(=O)N[C@@H](Cc2ccc(O)cc2)C1=O. The lowest BCUT2D eigenvalue weighted by atomic mass is 9.94. The largest absolute Gasteiger partial charge is 0.511 e. The highest BCUT2D eigenvalue weighted by atomic mass is 16.3. The maximum absolute atomic E-state index is 12.8. The van der Waals surface area contributed by atoms with Gasteiger partial charge < -0.3 is 25.7 Å². The number of hydrogen-bond donors (Lipinski definition) is 5. The third-order valence-electron chi connectivity index (χ3n) is 8.24. The van der Waals surface area contributed by atoms with E-state index in [4.69, 9.17) is 5.11 Å². The van der Waals surface area contributed by atoms with Crippen LogP contribution < -0.4 is 5.32 Å². The molecule has 0 saturated carbocycles. The first-order valence-corrected chi connectivity index (χ1v) is 16.1. The molecule has 1 aliphatic heterocycles. The van der Waals surface area contributed by atoms with Gasteiger partial charge in [-0.15, -0.1) is 0 Å². The first-order chi connectivity index (χ1) is 20.2. The van der Waals surface area contributed by atoms with Gasteiger partial charge in [-0.3, -0.25) is 14.4 Å². The molecular formula is C34H53NO7. The highest BCUT2D eigenvalue weighted by Gasteiger charge is 2.39. The molecule has 5 N–H and O–H groups in total. The molecule has 1 aromatic rings. The molecule has 2 rings (SSSR count). The molecule has 0 spiro atoms. The zero-order chi connectivity index (χ0) is 30.7. The number of carbonyl (C=O) groups excluding carboxylic acids is 3. The second-order valence-corrected chi connectivity index (χ2v) is 12.0. The molecular weight excluding hydrogens is 534 g/mol. The molecule has 1 amide bonds. The lowest BCUT2D eigenvalue weighted by Crippen LogP contribution is -2.31. The van der Waals surface area contributed by atoms with Gasteiger partial charge in [0.25, 0.3) is 5.91 Å². The van der Waals surface area contributed by atoms with Gasteiger partial charge in [-0.2, -0.15) is 0 Å². The summed E-state index contributed by atoms with van der Waals surface area (Å²) < 4.78 is 0. The van der Waals surface area contributed by atoms with Crippen molar-refractivity contribution in [2.75, 3.05) is 6.61 Å². The Morgan fingerprint density at radius 3 is 1.86 bits per heavy atom. The average molecular weight is 588 g/mol. The Kier molecular flexibility index (Phi) is 17.1. The normalized spacial score (nSPS) is 17.7. The number of aromatic hydroxyl groups is 1. The first kappa shape index (κ1) is 35.5. The first-order valence-electron chi connectivity index (χ1n) is 16.1. The van der Waals surface area contributed by atoms with Crippen molar-refractivity contribution in [3.05, 3.63) is 41.2 Å². The number of ketones is 2. The van der Waals surface area contributed by atoms with Crippen molar-refractivity contribution in [3.8, 4) is 5.75 Å². The molecule has 1 aliphatic rings. The Hall–Kier alpha value is -2.71. The van der Waals surface area contributed by atoms with E-state index in [1.54, 1.807) is 12.1 Å². The Bertz CT molecular complexity index is 988. The molecule has 0 aromatic heterocycles. The molecule has 0 aliphatic carbocycles. The molecule has 8 nitrogen and oxygen atoms in total. The zero-order valence-electron chi connectivity index (χ0n) is 25.5. The van der Waals surface area contributed by atoms with E-state index in [1.165, 1.54) is 12.1 Å². The summed E-state index contributed by atoms with van der Waals surface area (Å²) in [5, 5.41) is 40.9. The van der Waals surface area contributed by atoms with E-state index in [-0.39, 0.29) is 35.4 Å². The molecule has 1 unspecified atom stereocenters. The van der Waals surface area contributed by atoms with Crippen molar-refractivity contribution in [2.24, 2.45) is 5.92 Å². The number of carbonyl (C=O) groups is 3. The average Bonchev–Trinajstić information content (AvgIpc) is 3.25. The quantitative estimate of drug-likeness (QED) is 0.0457. The van der Waals surface area contributed by atoms with Crippen LogP contribution in [-0.2, 0) is 20.8 Å². The molecule has 1 aromatic carbocycles. The summed E-state index contributed by atoms with van der Waals surface area (Å²) in [5.74, 6) is -0.800. The molecule has 0 bridgehead atoms. The molecule has 1 fully saturated rings. The number of amides is 1. The van der Waals surface area contributed by atoms with Crippen LogP contribution in [0.1, 0.15) is 122 Å². The second kappa shape index (κ2) is 20.2. The predicted octanol–water partition coefficient (Wildman–Crippen LogP) is 6.00. The molecule has 236 valence electrons. The number of nitrogens with one attached hydrogen (secondary N) is 1. The van der Waals surface area contributed by atoms with E-state index in [2.05, 4.69) is 5.32 Å². The van der Waals surface area contributed by atoms with Crippen LogP contribution in [0.2, 0.25) is 0 Å². The summed E-state index contributed by atoms with van der Waals surface area (Å²) in [4.78, 5) is 37.4. The van der Waals surface area contributed by atoms with Crippen molar-refractivity contribution < 1.29 is 34.8 Å². The third-order valence-corrected chi connectivity index (χ3v) is 8.24. The van der Waals surface area contributed by atoms with Crippen LogP contribution in [0.25, 0.3) is 0 Å². The fourth-order valence-corrected chi connectivity index (χ4v) is 5.50. The van der Waals surface area contributed by atoms with Crippen molar-refractivity contribution >= 4 is 17.5 Å². The Balaban J connectivity index is 1.49. The van der Waals surface area contributed by atoms with Gasteiger partial charge in [0.05, 0.1) is 18.8 Å². The van der Waals surface area contributed by atoms with Gasteiger partial charge >= 0.3 is 0 Å². The minimum Gasteiger partial charge on any atom is -0.511 e. The number of phenols is 1. The molecule has 42 heavy (non-hydrogen) atoms. The summed E-state index contributed by atoms with van der Waals surface area (Å²) in [7, 11) is 0. The van der Waals surface area contributed by atoms with Crippen molar-refractivity contribution in [3.63, 3.8) is 0 Å². The van der Waals surface area contributed by atoms with Gasteiger partial charge in [-0.25, -0.2) is 0 Å². The molecule has 1 saturated heterocycles. The number of benzene rings is 1. The maximum Gasteiger partial charge on any atom is 0.259 e. The van der Waals surface area contributed by atoms with Crippen LogP contribution in [0.4, 0.5) is 0 Å². The number of aliphatic hydroxyl groups excluding tert-OH is 3. The van der Waals surface area contributed by atoms with Gasteiger partial charge in [-0.1, -0.05) is 89.7 Å². The van der Waals surface area contributed by atoms with Gasteiger partial charge in [0.2, 0.25) is 0 Å². The molecule has 8 heteroatoms. The van der Waals surface area contributed by atoms with Gasteiger partial charge in [0.15, 0.2) is 5.78 Å². The van der Waals surface area contributed by atoms with Crippen LogP contribution in [0, 0.1) is 5.92 Å². The number of aliphatic hydroxyl groups is 3. The van der Waals surface area contributed by atoms with Crippen LogP contribution in [0.5, 0.6) is 5.75 Å². The molecule has 0 radical (unpaired) electrons. The van der Waals surface area contributed by atoms with Gasteiger partial charge in [0.1, 0.15) is 22.9 Å². The second-order valence-electron chi connectivity index (χ2n) is 12.0. The summed E-state index contributed by atoms with van der Waals surface area (Å²) in [6, 6.07) is 5.79. The number of unbranched alkanes of at least 4 members (excludes halogenated alkanes) is 11. The maximum atomic E-state index is 12.8. The van der Waals surface area contributed by atoms with Crippen LogP contribution >= 0.6 is 0 Å². The van der Waals surface area contributed by atoms with Crippen LogP contribution in [0.3, 0.4) is 0 Å². The van der Waals surface area contributed by atoms with E-state index in [0.717, 1.165) is 89.0 Å². The van der Waals surface area contributed by atoms with Gasteiger partial charge in [0, 0.05) is 25.2 Å². The lowest BCUT2D eigenvalue weighted by Gasteiger charge is -2.12. The number of Topliss-reactive ketones (excluding diaryl/α,β-unsaturated/α-hetero) is 2. The van der Waals surface area contributed by atoms with E-state index in [0.29, 0.717) is 37.9 Å². The Morgan fingerprint density at radius 2 is 1.31 bits per heavy atom. The number of phenolic OH excluding ortho intramolecular Hbond substituents is 1. The van der Waals surface area contributed by atoms with Crippen LogP contribution in [0.15, 0.2) is 35.6 Å². The van der Waals surface area contributed by atoms with Crippen molar-refractivity contribution in [2.45, 2.75) is 135 Å². The highest BCUT2D eigenvalue weighted by molar-refractivity contribution is 6.27. The van der Waals surface area contributed by atoms with Crippen molar-refractivity contribution in [1.29, 1.82) is 0 Å². The minimum absolute atomic E-state index is 0.122. The number of rotatable bonds is 23. The monoisotopic (exact) mass is 587 g/mol. The highest BCUT2D eigenvalue weighted by Crippen LogP contribution is 2.25. The number of hydrogen-bond acceptors (Lipinski definition) is 7. The fraction of sp³-hybridized carbons (Fsp3) is 0.676. The molecule has 3 atom stereocenters. The zero-order valence-corrected chi connectivity index (χ0v) is 25.5. The fourth-order valence-electron chi connectivity index (χ4n) is 5.50. The van der Waals surface area contributed by atoms with E-state index < -0.39 is 18.1 Å². The van der Waals surface area contributed by atoms with Crippen molar-refractivity contribution in [1.82, 2.24) is 5.32 Å². The summed E-state index contributed by atoms with van der Waals surface area (Å²) in [5.41, 5.74) is 0.694. The summed E-state index contributed by atoms with van der Waals surface area (Å²) in [6.45, 7) is 1.69. The predicted molar refractivity (Wildman–Crippen MR) is 164 cm³/mol. The van der Waals surface area contributed by atoms with E-state index in [1.807, 2.05) is 6.92 Å². The van der Waals surface area contributed by atoms with E-state index >= 15 is 0 Å². The standard InChI is InChI=1S/C34H53NO7/c1-25(32(40)31-33(41)30(35-34(31)42)23-26-19-21-28(38)22-20-26)15-11-7-5-6-9-13-17-27(37)16-12-8-3-2-4-10-14-18-29(39)24-36/h19-22,25,29-30,36,38-40H,2-18,23-24H2,1H3,(H,35,42)/b32-31-/t25?,29-,30-/m0/s1.